The van der Waals surface area contributed by atoms with Crippen molar-refractivity contribution in [2.45, 2.75) is 18.9 Å². The SMILES string of the molecule is O=C(c1cccnc1N1CCOCC1)N1CCC[C@H](n2cccn2)C1. The van der Waals surface area contributed by atoms with Gasteiger partial charge in [-0.2, -0.15) is 5.10 Å². The van der Waals surface area contributed by atoms with Crippen molar-refractivity contribution in [3.8, 4) is 0 Å². The molecule has 2 fully saturated rings. The standard InChI is InChI=1S/C18H23N5O2/c24-18(22-8-2-4-15(14-22)23-9-3-7-20-23)16-5-1-6-19-17(16)21-10-12-25-13-11-21/h1,3,5-7,9,15H,2,4,8,10-14H2/t15-/m0/s1. The zero-order chi connectivity index (χ0) is 17.1. The number of ether oxygens (including phenoxy) is 1. The number of hydrogen-bond donors (Lipinski definition) is 0. The summed E-state index contributed by atoms with van der Waals surface area (Å²) in [5.41, 5.74) is 0.686. The van der Waals surface area contributed by atoms with Gasteiger partial charge in [0.1, 0.15) is 5.82 Å². The topological polar surface area (TPSA) is 63.5 Å². The Morgan fingerprint density at radius 2 is 2.04 bits per heavy atom. The van der Waals surface area contributed by atoms with Crippen LogP contribution in [0.4, 0.5) is 5.82 Å². The van der Waals surface area contributed by atoms with E-state index in [2.05, 4.69) is 15.0 Å². The van der Waals surface area contributed by atoms with Gasteiger partial charge in [0.25, 0.3) is 5.91 Å². The van der Waals surface area contributed by atoms with Gasteiger partial charge in [0.2, 0.25) is 0 Å². The van der Waals surface area contributed by atoms with Gasteiger partial charge in [0.05, 0.1) is 24.8 Å². The van der Waals surface area contributed by atoms with E-state index in [0.29, 0.717) is 25.3 Å². The van der Waals surface area contributed by atoms with E-state index in [4.69, 9.17) is 4.74 Å². The van der Waals surface area contributed by atoms with Gasteiger partial charge in [-0.3, -0.25) is 9.48 Å². The number of nitrogens with zero attached hydrogens (tertiary/aromatic N) is 5. The number of likely N-dealkylation sites (tertiary alicyclic amines) is 1. The second kappa shape index (κ2) is 7.23. The lowest BCUT2D eigenvalue weighted by atomic mass is 10.0. The van der Waals surface area contributed by atoms with E-state index in [-0.39, 0.29) is 11.9 Å². The molecule has 2 aliphatic heterocycles. The van der Waals surface area contributed by atoms with Crippen molar-refractivity contribution >= 4 is 11.7 Å². The first-order valence-electron chi connectivity index (χ1n) is 8.89. The summed E-state index contributed by atoms with van der Waals surface area (Å²) in [5.74, 6) is 0.837. The second-order valence-electron chi connectivity index (χ2n) is 6.51. The zero-order valence-corrected chi connectivity index (χ0v) is 14.3. The van der Waals surface area contributed by atoms with Gasteiger partial charge >= 0.3 is 0 Å². The van der Waals surface area contributed by atoms with Crippen molar-refractivity contribution in [3.63, 3.8) is 0 Å². The van der Waals surface area contributed by atoms with E-state index in [1.165, 1.54) is 0 Å². The van der Waals surface area contributed by atoms with Crippen molar-refractivity contribution in [2.75, 3.05) is 44.3 Å². The Morgan fingerprint density at radius 1 is 1.16 bits per heavy atom. The highest BCUT2D eigenvalue weighted by Crippen LogP contribution is 2.25. The van der Waals surface area contributed by atoms with Gasteiger partial charge in [-0.05, 0) is 31.0 Å². The number of rotatable bonds is 3. The van der Waals surface area contributed by atoms with Gasteiger partial charge in [-0.1, -0.05) is 0 Å². The molecule has 0 spiro atoms. The summed E-state index contributed by atoms with van der Waals surface area (Å²) >= 11 is 0. The first-order valence-corrected chi connectivity index (χ1v) is 8.89. The number of carbonyl (C=O) groups is 1. The number of morpholine rings is 1. The lowest BCUT2D eigenvalue weighted by Crippen LogP contribution is -2.42. The number of piperidine rings is 1. The zero-order valence-electron chi connectivity index (χ0n) is 14.3. The summed E-state index contributed by atoms with van der Waals surface area (Å²) in [7, 11) is 0. The fraction of sp³-hybridized carbons (Fsp3) is 0.500. The van der Waals surface area contributed by atoms with Crippen LogP contribution in [0.15, 0.2) is 36.8 Å². The fourth-order valence-electron chi connectivity index (χ4n) is 3.61. The smallest absolute Gasteiger partial charge is 0.257 e. The number of carbonyl (C=O) groups excluding carboxylic acids is 1. The highest BCUT2D eigenvalue weighted by molar-refractivity contribution is 5.99. The molecule has 7 heteroatoms. The normalized spacial score (nSPS) is 21.4. The first kappa shape index (κ1) is 16.1. The lowest BCUT2D eigenvalue weighted by molar-refractivity contribution is 0.0672. The molecular formula is C18H23N5O2. The van der Waals surface area contributed by atoms with Crippen LogP contribution < -0.4 is 4.90 Å². The molecule has 2 aromatic heterocycles. The minimum Gasteiger partial charge on any atom is -0.378 e. The monoisotopic (exact) mass is 341 g/mol. The Labute approximate surface area is 147 Å². The van der Waals surface area contributed by atoms with Gasteiger partial charge in [0.15, 0.2) is 0 Å². The molecule has 25 heavy (non-hydrogen) atoms. The maximum absolute atomic E-state index is 13.2. The minimum absolute atomic E-state index is 0.0615. The Bertz CT molecular complexity index is 712. The third-order valence-corrected chi connectivity index (χ3v) is 4.91. The molecule has 0 N–H and O–H groups in total. The maximum Gasteiger partial charge on any atom is 0.257 e. The highest BCUT2D eigenvalue weighted by Gasteiger charge is 2.28. The summed E-state index contributed by atoms with van der Waals surface area (Å²) in [6.45, 7) is 4.37. The average molecular weight is 341 g/mol. The fourth-order valence-corrected chi connectivity index (χ4v) is 3.61. The Balaban J connectivity index is 1.54. The van der Waals surface area contributed by atoms with Crippen LogP contribution in [0, 0.1) is 0 Å². The molecule has 0 bridgehead atoms. The van der Waals surface area contributed by atoms with Crippen LogP contribution in [0.25, 0.3) is 0 Å². The van der Waals surface area contributed by atoms with Crippen molar-refractivity contribution in [3.05, 3.63) is 42.4 Å². The molecule has 0 aliphatic carbocycles. The first-order chi connectivity index (χ1) is 12.3. The van der Waals surface area contributed by atoms with Crippen LogP contribution in [0.5, 0.6) is 0 Å². The molecule has 0 saturated carbocycles. The lowest BCUT2D eigenvalue weighted by Gasteiger charge is -2.34. The Kier molecular flexibility index (Phi) is 4.65. The number of aromatic nitrogens is 3. The molecule has 132 valence electrons. The molecule has 4 heterocycles. The largest absolute Gasteiger partial charge is 0.378 e. The van der Waals surface area contributed by atoms with Crippen LogP contribution in [0.2, 0.25) is 0 Å². The van der Waals surface area contributed by atoms with E-state index in [9.17, 15) is 4.79 Å². The molecule has 2 aromatic rings. The Hall–Kier alpha value is -2.41. The van der Waals surface area contributed by atoms with E-state index < -0.39 is 0 Å². The molecule has 2 saturated heterocycles. The molecule has 0 aromatic carbocycles. The van der Waals surface area contributed by atoms with Gasteiger partial charge in [-0.25, -0.2) is 4.98 Å². The van der Waals surface area contributed by atoms with Gasteiger partial charge < -0.3 is 14.5 Å². The summed E-state index contributed by atoms with van der Waals surface area (Å²) in [6, 6.07) is 5.90. The third kappa shape index (κ3) is 3.37. The van der Waals surface area contributed by atoms with E-state index in [0.717, 1.165) is 38.3 Å². The molecular weight excluding hydrogens is 318 g/mol. The molecule has 0 radical (unpaired) electrons. The van der Waals surface area contributed by atoms with Crippen LogP contribution in [0.1, 0.15) is 29.2 Å². The third-order valence-electron chi connectivity index (χ3n) is 4.91. The van der Waals surface area contributed by atoms with Crippen molar-refractivity contribution < 1.29 is 9.53 Å². The number of hydrogen-bond acceptors (Lipinski definition) is 5. The van der Waals surface area contributed by atoms with Crippen molar-refractivity contribution in [1.82, 2.24) is 19.7 Å². The molecule has 4 rings (SSSR count). The predicted octanol–water partition coefficient (Wildman–Crippen LogP) is 1.59. The summed E-state index contributed by atoms with van der Waals surface area (Å²) in [4.78, 5) is 21.8. The average Bonchev–Trinajstić information content (AvgIpc) is 3.23. The van der Waals surface area contributed by atoms with Crippen molar-refractivity contribution in [2.24, 2.45) is 0 Å². The summed E-state index contributed by atoms with van der Waals surface area (Å²) in [5, 5.41) is 4.34. The highest BCUT2D eigenvalue weighted by atomic mass is 16.5. The van der Waals surface area contributed by atoms with Crippen LogP contribution in [-0.2, 0) is 4.74 Å². The summed E-state index contributed by atoms with van der Waals surface area (Å²) < 4.78 is 7.38. The van der Waals surface area contributed by atoms with Gasteiger partial charge in [-0.15, -0.1) is 0 Å². The molecule has 1 atom stereocenters. The van der Waals surface area contributed by atoms with Crippen molar-refractivity contribution in [1.29, 1.82) is 0 Å². The van der Waals surface area contributed by atoms with Crippen LogP contribution in [-0.4, -0.2) is 65.0 Å². The predicted molar refractivity (Wildman–Crippen MR) is 93.7 cm³/mol. The van der Waals surface area contributed by atoms with Crippen LogP contribution in [0.3, 0.4) is 0 Å². The molecule has 1 amide bonds. The quantitative estimate of drug-likeness (QED) is 0.848. The second-order valence-corrected chi connectivity index (χ2v) is 6.51. The molecule has 2 aliphatic rings. The van der Waals surface area contributed by atoms with Gasteiger partial charge in [0, 0.05) is 44.8 Å². The molecule has 0 unspecified atom stereocenters. The number of amides is 1. The Morgan fingerprint density at radius 3 is 2.84 bits per heavy atom. The molecule has 7 nitrogen and oxygen atoms in total. The summed E-state index contributed by atoms with van der Waals surface area (Å²) in [6.07, 6.45) is 7.56. The maximum atomic E-state index is 13.2. The van der Waals surface area contributed by atoms with E-state index >= 15 is 0 Å². The minimum atomic E-state index is 0.0615. The van der Waals surface area contributed by atoms with Crippen LogP contribution >= 0.6 is 0 Å². The van der Waals surface area contributed by atoms with E-state index in [1.54, 1.807) is 12.4 Å². The number of anilines is 1. The van der Waals surface area contributed by atoms with E-state index in [1.807, 2.05) is 34.0 Å². The number of pyridine rings is 1.